The van der Waals surface area contributed by atoms with Crippen molar-refractivity contribution in [2.24, 2.45) is 17.2 Å². The van der Waals surface area contributed by atoms with Crippen LogP contribution >= 0.6 is 0 Å². The highest BCUT2D eigenvalue weighted by atomic mass is 16.4. The van der Waals surface area contributed by atoms with Crippen molar-refractivity contribution in [2.75, 3.05) is 6.54 Å². The van der Waals surface area contributed by atoms with Gasteiger partial charge in [-0.25, -0.2) is 4.79 Å². The quantitative estimate of drug-likeness (QED) is 0.126. The van der Waals surface area contributed by atoms with E-state index in [2.05, 4.69) is 10.6 Å². The van der Waals surface area contributed by atoms with Crippen LogP contribution in [-0.2, 0) is 33.6 Å². The monoisotopic (exact) mass is 486 g/mol. The lowest BCUT2D eigenvalue weighted by Gasteiger charge is -2.28. The van der Waals surface area contributed by atoms with Crippen molar-refractivity contribution in [3.05, 3.63) is 0 Å². The van der Waals surface area contributed by atoms with E-state index in [4.69, 9.17) is 22.3 Å². The maximum atomic E-state index is 13.0. The zero-order valence-corrected chi connectivity index (χ0v) is 18.4. The van der Waals surface area contributed by atoms with Crippen LogP contribution in [0.4, 0.5) is 0 Å². The second kappa shape index (κ2) is 13.1. The molecule has 1 aliphatic heterocycles. The van der Waals surface area contributed by atoms with E-state index in [-0.39, 0.29) is 32.2 Å². The number of carboxylic acid groups (broad SMARTS) is 2. The van der Waals surface area contributed by atoms with Crippen molar-refractivity contribution in [3.8, 4) is 0 Å². The Kier molecular flexibility index (Phi) is 10.9. The molecule has 15 nitrogen and oxygen atoms in total. The van der Waals surface area contributed by atoms with Crippen molar-refractivity contribution in [1.29, 1.82) is 0 Å². The van der Waals surface area contributed by atoms with Crippen molar-refractivity contribution in [2.45, 2.75) is 69.1 Å². The fraction of sp³-hybridized carbons (Fsp3) is 0.632. The van der Waals surface area contributed by atoms with E-state index in [0.717, 1.165) is 4.90 Å². The van der Waals surface area contributed by atoms with Crippen LogP contribution in [0.1, 0.15) is 44.9 Å². The summed E-state index contributed by atoms with van der Waals surface area (Å²) < 4.78 is 0. The van der Waals surface area contributed by atoms with Crippen molar-refractivity contribution >= 4 is 41.5 Å². The van der Waals surface area contributed by atoms with Gasteiger partial charge in [-0.1, -0.05) is 0 Å². The minimum Gasteiger partial charge on any atom is -0.481 e. The zero-order chi connectivity index (χ0) is 26.0. The van der Waals surface area contributed by atoms with Crippen LogP contribution in [0.5, 0.6) is 0 Å². The number of nitrogens with zero attached hydrogens (tertiary/aromatic N) is 1. The van der Waals surface area contributed by atoms with Crippen LogP contribution in [0.25, 0.3) is 0 Å². The van der Waals surface area contributed by atoms with Crippen LogP contribution < -0.4 is 27.8 Å². The van der Waals surface area contributed by atoms with Gasteiger partial charge in [0.05, 0.1) is 12.5 Å². The third kappa shape index (κ3) is 9.01. The predicted molar refractivity (Wildman–Crippen MR) is 113 cm³/mol. The number of rotatable bonds is 14. The summed E-state index contributed by atoms with van der Waals surface area (Å²) in [6.07, 6.45) is -1.24. The van der Waals surface area contributed by atoms with Crippen LogP contribution in [0.2, 0.25) is 0 Å². The Labute approximate surface area is 194 Å². The SMILES string of the molecule is NC(=O)CCC(NC(=O)C(CC(N)=O)NC(=O)C(N)CCC(=O)O)C(=O)N1CCCC1C(=O)O. The van der Waals surface area contributed by atoms with E-state index in [1.54, 1.807) is 0 Å². The van der Waals surface area contributed by atoms with Crippen molar-refractivity contribution in [3.63, 3.8) is 0 Å². The molecule has 1 heterocycles. The molecular formula is C19H30N6O9. The molecule has 1 fully saturated rings. The Morgan fingerprint density at radius 3 is 2.03 bits per heavy atom. The summed E-state index contributed by atoms with van der Waals surface area (Å²) in [7, 11) is 0. The van der Waals surface area contributed by atoms with Crippen molar-refractivity contribution < 1.29 is 43.8 Å². The number of primary amides is 2. The van der Waals surface area contributed by atoms with Crippen LogP contribution in [-0.4, -0.2) is 87.3 Å². The highest BCUT2D eigenvalue weighted by Gasteiger charge is 2.38. The maximum Gasteiger partial charge on any atom is 0.326 e. The molecule has 0 aromatic carbocycles. The summed E-state index contributed by atoms with van der Waals surface area (Å²) in [4.78, 5) is 83.9. The average molecular weight is 486 g/mol. The molecule has 0 aromatic heterocycles. The normalized spacial score (nSPS) is 17.8. The first kappa shape index (κ1) is 28.3. The van der Waals surface area contributed by atoms with Gasteiger partial charge in [-0.15, -0.1) is 0 Å². The highest BCUT2D eigenvalue weighted by molar-refractivity contribution is 5.96. The number of nitrogens with two attached hydrogens (primary N) is 3. The van der Waals surface area contributed by atoms with E-state index in [9.17, 15) is 38.7 Å². The first-order chi connectivity index (χ1) is 15.8. The lowest BCUT2D eigenvalue weighted by atomic mass is 10.1. The van der Waals surface area contributed by atoms with Gasteiger partial charge >= 0.3 is 11.9 Å². The first-order valence-electron chi connectivity index (χ1n) is 10.5. The number of nitrogens with one attached hydrogen (secondary N) is 2. The predicted octanol–water partition coefficient (Wildman–Crippen LogP) is -3.64. The largest absolute Gasteiger partial charge is 0.481 e. The molecule has 0 radical (unpaired) electrons. The van der Waals surface area contributed by atoms with E-state index < -0.39 is 78.5 Å². The van der Waals surface area contributed by atoms with Crippen LogP contribution in [0.3, 0.4) is 0 Å². The highest BCUT2D eigenvalue weighted by Crippen LogP contribution is 2.19. The zero-order valence-electron chi connectivity index (χ0n) is 18.4. The number of aliphatic carboxylic acids is 2. The molecule has 1 aliphatic rings. The van der Waals surface area contributed by atoms with Gasteiger partial charge < -0.3 is 42.9 Å². The van der Waals surface area contributed by atoms with E-state index in [1.165, 1.54) is 0 Å². The van der Waals surface area contributed by atoms with E-state index in [0.29, 0.717) is 6.42 Å². The topological polar surface area (TPSA) is 265 Å². The molecule has 190 valence electrons. The number of carbonyl (C=O) groups is 7. The Morgan fingerprint density at radius 2 is 1.50 bits per heavy atom. The molecule has 4 unspecified atom stereocenters. The summed E-state index contributed by atoms with van der Waals surface area (Å²) in [6, 6.07) is -5.33. The third-order valence-corrected chi connectivity index (χ3v) is 5.16. The molecule has 0 saturated carbocycles. The number of carboxylic acids is 2. The molecule has 0 bridgehead atoms. The smallest absolute Gasteiger partial charge is 0.326 e. The van der Waals surface area contributed by atoms with Crippen molar-refractivity contribution in [1.82, 2.24) is 15.5 Å². The summed E-state index contributed by atoms with van der Waals surface area (Å²) in [5.74, 6) is -6.84. The molecule has 10 N–H and O–H groups in total. The minimum atomic E-state index is -1.56. The summed E-state index contributed by atoms with van der Waals surface area (Å²) in [5, 5.41) is 22.5. The van der Waals surface area contributed by atoms with Gasteiger partial charge in [0.1, 0.15) is 18.1 Å². The fourth-order valence-electron chi connectivity index (χ4n) is 3.40. The molecule has 34 heavy (non-hydrogen) atoms. The van der Waals surface area contributed by atoms with Gasteiger partial charge in [-0.2, -0.15) is 0 Å². The summed E-state index contributed by atoms with van der Waals surface area (Å²) >= 11 is 0. The maximum absolute atomic E-state index is 13.0. The fourth-order valence-corrected chi connectivity index (χ4v) is 3.40. The first-order valence-corrected chi connectivity index (χ1v) is 10.5. The Hall–Kier alpha value is -3.75. The number of amides is 5. The second-order valence-corrected chi connectivity index (χ2v) is 7.86. The van der Waals surface area contributed by atoms with Gasteiger partial charge in [0, 0.05) is 19.4 Å². The van der Waals surface area contributed by atoms with E-state index >= 15 is 0 Å². The second-order valence-electron chi connectivity index (χ2n) is 7.86. The Morgan fingerprint density at radius 1 is 0.882 bits per heavy atom. The van der Waals surface area contributed by atoms with Crippen LogP contribution in [0, 0.1) is 0 Å². The van der Waals surface area contributed by atoms with Gasteiger partial charge in [-0.3, -0.25) is 28.8 Å². The Bertz CT molecular complexity index is 833. The van der Waals surface area contributed by atoms with Gasteiger partial charge in [0.25, 0.3) is 0 Å². The Balaban J connectivity index is 3.00. The molecule has 15 heteroatoms. The number of likely N-dealkylation sites (tertiary alicyclic amines) is 1. The van der Waals surface area contributed by atoms with Crippen LogP contribution in [0.15, 0.2) is 0 Å². The average Bonchev–Trinajstić information content (AvgIpc) is 3.23. The third-order valence-electron chi connectivity index (χ3n) is 5.16. The number of carbonyl (C=O) groups excluding carboxylic acids is 5. The molecular weight excluding hydrogens is 456 g/mol. The van der Waals surface area contributed by atoms with E-state index in [1.807, 2.05) is 0 Å². The lowest BCUT2D eigenvalue weighted by Crippen LogP contribution is -2.57. The standard InChI is InChI=1S/C19H30N6O9/c20-9(3-6-15(28)29)16(30)24-11(8-14(22)27)17(31)23-10(4-5-13(21)26)18(32)25-7-1-2-12(25)19(33)34/h9-12H,1-8,20H2,(H2,21,26)(H2,22,27)(H,23,31)(H,24,30)(H,28,29)(H,33,34). The molecule has 5 amide bonds. The van der Waals surface area contributed by atoms with Gasteiger partial charge in [0.15, 0.2) is 0 Å². The summed E-state index contributed by atoms with van der Waals surface area (Å²) in [6.45, 7) is 0.124. The molecule has 4 atom stereocenters. The molecule has 0 aliphatic carbocycles. The molecule has 1 saturated heterocycles. The molecule has 1 rings (SSSR count). The van der Waals surface area contributed by atoms with Gasteiger partial charge in [-0.05, 0) is 25.7 Å². The molecule has 0 aromatic rings. The lowest BCUT2D eigenvalue weighted by molar-refractivity contribution is -0.149. The summed E-state index contributed by atoms with van der Waals surface area (Å²) in [5.41, 5.74) is 15.9. The number of hydrogen-bond donors (Lipinski definition) is 7. The minimum absolute atomic E-state index is 0.124. The number of hydrogen-bond acceptors (Lipinski definition) is 8. The van der Waals surface area contributed by atoms with Gasteiger partial charge in [0.2, 0.25) is 29.5 Å². The molecule has 0 spiro atoms.